The van der Waals surface area contributed by atoms with E-state index in [2.05, 4.69) is 15.3 Å². The number of carbonyl (C=O) groups is 2. The lowest BCUT2D eigenvalue weighted by Gasteiger charge is -2.31. The van der Waals surface area contributed by atoms with Crippen LogP contribution >= 0.6 is 0 Å². The number of aliphatic imine (C=N–C) groups is 1. The van der Waals surface area contributed by atoms with Crippen LogP contribution in [0.25, 0.3) is 0 Å². The fourth-order valence-corrected chi connectivity index (χ4v) is 4.21. The third-order valence-corrected chi connectivity index (χ3v) is 5.91. The molecule has 0 aliphatic carbocycles. The minimum atomic E-state index is -0.849. The number of pyridine rings is 1. The molecule has 5 rings (SSSR count). The molecule has 1 N–H and O–H groups in total. The summed E-state index contributed by atoms with van der Waals surface area (Å²) >= 11 is 0. The quantitative estimate of drug-likeness (QED) is 0.516. The highest BCUT2D eigenvalue weighted by molar-refractivity contribution is 6.09. The predicted octanol–water partition coefficient (Wildman–Crippen LogP) is 4.15. The van der Waals surface area contributed by atoms with Gasteiger partial charge in [-0.2, -0.15) is 0 Å². The number of hydrogen-bond acceptors (Lipinski definition) is 6. The minimum Gasteiger partial charge on any atom is -0.460 e. The fourth-order valence-electron chi connectivity index (χ4n) is 4.21. The van der Waals surface area contributed by atoms with Gasteiger partial charge in [-0.25, -0.2) is 14.2 Å². The van der Waals surface area contributed by atoms with Crippen molar-refractivity contribution in [2.24, 2.45) is 10.9 Å². The lowest BCUT2D eigenvalue weighted by molar-refractivity contribution is -0.148. The molecule has 0 saturated heterocycles. The number of urea groups is 1. The van der Waals surface area contributed by atoms with Gasteiger partial charge < -0.3 is 19.5 Å². The van der Waals surface area contributed by atoms with Gasteiger partial charge in [0.1, 0.15) is 18.3 Å². The van der Waals surface area contributed by atoms with E-state index >= 15 is 0 Å². The number of aryl methyl sites for hydroxylation is 1. The van der Waals surface area contributed by atoms with Gasteiger partial charge in [0.25, 0.3) is 0 Å². The average molecular weight is 475 g/mol. The maximum Gasteiger partial charge on any atom is 0.341 e. The highest BCUT2D eigenvalue weighted by Gasteiger charge is 2.39. The number of ether oxygens (including phenoxy) is 3. The topological polar surface area (TPSA) is 99.1 Å². The van der Waals surface area contributed by atoms with Gasteiger partial charge in [0.05, 0.1) is 6.04 Å². The zero-order chi connectivity index (χ0) is 24.2. The van der Waals surface area contributed by atoms with Crippen molar-refractivity contribution in [1.29, 1.82) is 0 Å². The summed E-state index contributed by atoms with van der Waals surface area (Å²) in [6.07, 6.45) is 4.07. The van der Waals surface area contributed by atoms with Gasteiger partial charge >= 0.3 is 12.0 Å². The van der Waals surface area contributed by atoms with Gasteiger partial charge in [0.15, 0.2) is 11.5 Å². The lowest BCUT2D eigenvalue weighted by Crippen LogP contribution is -2.45. The van der Waals surface area contributed by atoms with Crippen molar-refractivity contribution >= 4 is 17.7 Å². The number of fused-ring (bicyclic) bond motifs is 1. The van der Waals surface area contributed by atoms with E-state index in [9.17, 15) is 14.0 Å². The number of esters is 1. The van der Waals surface area contributed by atoms with E-state index in [0.29, 0.717) is 41.2 Å². The first-order valence-electron chi connectivity index (χ1n) is 11.1. The molecule has 8 nitrogen and oxygen atoms in total. The molecule has 9 heteroatoms. The van der Waals surface area contributed by atoms with Crippen molar-refractivity contribution in [2.45, 2.75) is 25.5 Å². The Labute approximate surface area is 200 Å². The number of aromatic nitrogens is 1. The highest BCUT2D eigenvalue weighted by Crippen LogP contribution is 2.34. The van der Waals surface area contributed by atoms with Crippen molar-refractivity contribution in [3.8, 4) is 11.5 Å². The average Bonchev–Trinajstić information content (AvgIpc) is 3.34. The van der Waals surface area contributed by atoms with Crippen molar-refractivity contribution in [3.63, 3.8) is 0 Å². The molecule has 3 heterocycles. The van der Waals surface area contributed by atoms with Crippen molar-refractivity contribution in [1.82, 2.24) is 10.3 Å². The molecule has 0 radical (unpaired) electrons. The maximum atomic E-state index is 13.5. The van der Waals surface area contributed by atoms with Crippen molar-refractivity contribution in [3.05, 3.63) is 89.5 Å². The molecule has 0 bridgehead atoms. The molecule has 35 heavy (non-hydrogen) atoms. The number of amides is 2. The summed E-state index contributed by atoms with van der Waals surface area (Å²) in [5.74, 6) is -0.478. The zero-order valence-electron chi connectivity index (χ0n) is 18.6. The monoisotopic (exact) mass is 475 g/mol. The van der Waals surface area contributed by atoms with E-state index in [1.54, 1.807) is 36.7 Å². The van der Waals surface area contributed by atoms with Crippen LogP contribution < -0.4 is 14.8 Å². The van der Waals surface area contributed by atoms with Gasteiger partial charge in [-0.15, -0.1) is 0 Å². The zero-order valence-corrected chi connectivity index (χ0v) is 18.6. The van der Waals surface area contributed by atoms with Crippen molar-refractivity contribution in [2.75, 3.05) is 6.79 Å². The summed E-state index contributed by atoms with van der Waals surface area (Å²) in [5.41, 5.74) is 2.60. The molecule has 2 amide bonds. The summed E-state index contributed by atoms with van der Waals surface area (Å²) in [6.45, 7) is 0.0814. The molecule has 2 aliphatic heterocycles. The number of rotatable bonds is 7. The summed E-state index contributed by atoms with van der Waals surface area (Å²) in [5, 5.41) is 2.78. The molecule has 0 spiro atoms. The van der Waals surface area contributed by atoms with Gasteiger partial charge in [-0.05, 0) is 65.9 Å². The minimum absolute atomic E-state index is 0.0977. The number of nitrogens with one attached hydrogen (secondary N) is 1. The SMILES string of the molecule is O=C1N=C(CCc2ccc3c(c2)OCO3)C(C(=O)OCc2cccc(F)c2)C(c2ccncc2)N1. The standard InChI is InChI=1S/C26H22FN3O5/c27-19-3-1-2-17(12-19)14-33-25(31)23-20(6-4-16-5-7-21-22(13-16)35-15-34-21)29-26(32)30-24(23)18-8-10-28-11-9-18/h1-3,5,7-13,23-24H,4,6,14-15H2,(H,30,32). The predicted molar refractivity (Wildman–Crippen MR) is 124 cm³/mol. The van der Waals surface area contributed by atoms with Crippen LogP contribution in [0, 0.1) is 11.7 Å². The van der Waals surface area contributed by atoms with Crippen LogP contribution in [-0.2, 0) is 22.6 Å². The van der Waals surface area contributed by atoms with Crippen LogP contribution in [0.5, 0.6) is 11.5 Å². The Hall–Kier alpha value is -4.27. The Morgan fingerprint density at radius 2 is 1.86 bits per heavy atom. The van der Waals surface area contributed by atoms with E-state index in [0.717, 1.165) is 5.56 Å². The van der Waals surface area contributed by atoms with Crippen molar-refractivity contribution < 1.29 is 28.2 Å². The van der Waals surface area contributed by atoms with Gasteiger partial charge in [0.2, 0.25) is 6.79 Å². The first-order chi connectivity index (χ1) is 17.1. The van der Waals surface area contributed by atoms with Crippen LogP contribution in [0.1, 0.15) is 29.2 Å². The molecule has 1 aromatic heterocycles. The van der Waals surface area contributed by atoms with E-state index < -0.39 is 29.8 Å². The molecule has 3 aromatic rings. The van der Waals surface area contributed by atoms with Crippen LogP contribution in [0.15, 0.2) is 72.0 Å². The van der Waals surface area contributed by atoms with Gasteiger partial charge in [-0.3, -0.25) is 9.78 Å². The third-order valence-electron chi connectivity index (χ3n) is 5.91. The first kappa shape index (κ1) is 22.5. The fraction of sp³-hybridized carbons (Fsp3) is 0.231. The van der Waals surface area contributed by atoms with E-state index in [4.69, 9.17) is 14.2 Å². The summed E-state index contributed by atoms with van der Waals surface area (Å²) in [6, 6.07) is 13.8. The molecule has 0 saturated carbocycles. The molecular formula is C26H22FN3O5. The van der Waals surface area contributed by atoms with E-state index in [1.807, 2.05) is 18.2 Å². The smallest absolute Gasteiger partial charge is 0.341 e. The Morgan fingerprint density at radius 3 is 2.69 bits per heavy atom. The summed E-state index contributed by atoms with van der Waals surface area (Å²) in [7, 11) is 0. The van der Waals surface area contributed by atoms with Crippen LogP contribution in [0.4, 0.5) is 9.18 Å². The molecular weight excluding hydrogens is 453 g/mol. The van der Waals surface area contributed by atoms with Gasteiger partial charge in [-0.1, -0.05) is 18.2 Å². The second-order valence-electron chi connectivity index (χ2n) is 8.21. The Bertz CT molecular complexity index is 1280. The molecule has 2 aliphatic rings. The number of carbonyl (C=O) groups excluding carboxylic acids is 2. The number of nitrogens with zero attached hydrogens (tertiary/aromatic N) is 2. The Morgan fingerprint density at radius 1 is 1.03 bits per heavy atom. The second-order valence-corrected chi connectivity index (χ2v) is 8.21. The number of halogens is 1. The Balaban J connectivity index is 1.38. The summed E-state index contributed by atoms with van der Waals surface area (Å²) in [4.78, 5) is 34.0. The van der Waals surface area contributed by atoms with Crippen LogP contribution in [-0.4, -0.2) is 29.5 Å². The van der Waals surface area contributed by atoms with E-state index in [1.165, 1.54) is 12.1 Å². The lowest BCUT2D eigenvalue weighted by atomic mass is 9.85. The molecule has 0 fully saturated rings. The Kier molecular flexibility index (Phi) is 6.38. The maximum absolute atomic E-state index is 13.5. The molecule has 2 atom stereocenters. The molecule has 2 aromatic carbocycles. The second kappa shape index (κ2) is 9.92. The third kappa shape index (κ3) is 5.13. The van der Waals surface area contributed by atoms with E-state index in [-0.39, 0.29) is 13.4 Å². The molecule has 178 valence electrons. The number of hydrogen-bond donors (Lipinski definition) is 1. The van der Waals surface area contributed by atoms with Gasteiger partial charge in [0, 0.05) is 18.1 Å². The van der Waals surface area contributed by atoms with Crippen LogP contribution in [0.3, 0.4) is 0 Å². The van der Waals surface area contributed by atoms with Crippen LogP contribution in [0.2, 0.25) is 0 Å². The normalized spacial score (nSPS) is 18.5. The highest BCUT2D eigenvalue weighted by atomic mass is 19.1. The summed E-state index contributed by atoms with van der Waals surface area (Å²) < 4.78 is 29.9. The largest absolute Gasteiger partial charge is 0.460 e. The number of benzene rings is 2. The molecule has 2 unspecified atom stereocenters. The first-order valence-corrected chi connectivity index (χ1v) is 11.1.